The van der Waals surface area contributed by atoms with Gasteiger partial charge in [0, 0.05) is 20.7 Å². The fourth-order valence-electron chi connectivity index (χ4n) is 0.834. The molecule has 0 aromatic heterocycles. The van der Waals surface area contributed by atoms with Crippen molar-refractivity contribution in [3.8, 4) is 0 Å². The highest BCUT2D eigenvalue weighted by molar-refractivity contribution is 9.08. The van der Waals surface area contributed by atoms with Crippen LogP contribution in [0.5, 0.6) is 0 Å². The van der Waals surface area contributed by atoms with E-state index in [2.05, 4.69) is 31.9 Å². The number of halogens is 4. The van der Waals surface area contributed by atoms with E-state index in [1.165, 1.54) is 0 Å². The summed E-state index contributed by atoms with van der Waals surface area (Å²) >= 11 is 18.6. The van der Waals surface area contributed by atoms with Gasteiger partial charge in [0.05, 0.1) is 0 Å². The van der Waals surface area contributed by atoms with Crippen LogP contribution < -0.4 is 0 Å². The predicted octanol–water partition coefficient (Wildman–Crippen LogP) is 4.78. The third-order valence-electron chi connectivity index (χ3n) is 1.50. The SMILES string of the molecule is Clc1cc(CBr)c(Cl)cc1CBr. The fourth-order valence-corrected chi connectivity index (χ4v) is 2.59. The molecule has 0 spiro atoms. The molecule has 0 unspecified atom stereocenters. The molecule has 4 heteroatoms. The van der Waals surface area contributed by atoms with Crippen molar-refractivity contribution in [3.63, 3.8) is 0 Å². The molecule has 0 aliphatic heterocycles. The topological polar surface area (TPSA) is 0 Å². The van der Waals surface area contributed by atoms with Crippen molar-refractivity contribution >= 4 is 55.1 Å². The zero-order chi connectivity index (χ0) is 9.14. The summed E-state index contributed by atoms with van der Waals surface area (Å²) in [6, 6.07) is 3.77. The van der Waals surface area contributed by atoms with E-state index in [1.807, 2.05) is 12.1 Å². The van der Waals surface area contributed by atoms with E-state index in [4.69, 9.17) is 23.2 Å². The molecule has 0 N–H and O–H groups in total. The third kappa shape index (κ3) is 2.38. The molecular formula is C8H6Br2Cl2. The van der Waals surface area contributed by atoms with Crippen molar-refractivity contribution in [2.45, 2.75) is 10.7 Å². The minimum atomic E-state index is 0.730. The minimum Gasteiger partial charge on any atom is -0.0876 e. The van der Waals surface area contributed by atoms with E-state index in [1.54, 1.807) is 0 Å². The highest BCUT2D eigenvalue weighted by atomic mass is 79.9. The van der Waals surface area contributed by atoms with Gasteiger partial charge in [-0.3, -0.25) is 0 Å². The molecule has 0 fully saturated rings. The van der Waals surface area contributed by atoms with Gasteiger partial charge in [-0.1, -0.05) is 55.1 Å². The Bertz CT molecular complexity index is 257. The molecule has 1 rings (SSSR count). The number of rotatable bonds is 2. The van der Waals surface area contributed by atoms with E-state index in [0.29, 0.717) is 0 Å². The van der Waals surface area contributed by atoms with E-state index < -0.39 is 0 Å². The lowest BCUT2D eigenvalue weighted by Gasteiger charge is -2.04. The second-order valence-electron chi connectivity index (χ2n) is 2.30. The molecule has 0 heterocycles. The zero-order valence-corrected chi connectivity index (χ0v) is 10.8. The molecule has 1 aromatic carbocycles. The second kappa shape index (κ2) is 4.85. The zero-order valence-electron chi connectivity index (χ0n) is 6.08. The van der Waals surface area contributed by atoms with Gasteiger partial charge in [-0.15, -0.1) is 0 Å². The average Bonchev–Trinajstić information content (AvgIpc) is 2.08. The Morgan fingerprint density at radius 3 is 1.50 bits per heavy atom. The van der Waals surface area contributed by atoms with Crippen LogP contribution in [0.2, 0.25) is 10.0 Å². The van der Waals surface area contributed by atoms with Crippen molar-refractivity contribution in [1.82, 2.24) is 0 Å². The average molecular weight is 333 g/mol. The van der Waals surface area contributed by atoms with Gasteiger partial charge >= 0.3 is 0 Å². The lowest BCUT2D eigenvalue weighted by atomic mass is 10.2. The summed E-state index contributed by atoms with van der Waals surface area (Å²) in [5.41, 5.74) is 2.04. The van der Waals surface area contributed by atoms with Crippen LogP contribution in [-0.4, -0.2) is 0 Å². The first-order valence-corrected chi connectivity index (χ1v) is 6.27. The molecule has 1 aromatic rings. The summed E-state index contributed by atoms with van der Waals surface area (Å²) in [7, 11) is 0. The summed E-state index contributed by atoms with van der Waals surface area (Å²) in [4.78, 5) is 0. The van der Waals surface area contributed by atoms with Crippen molar-refractivity contribution < 1.29 is 0 Å². The van der Waals surface area contributed by atoms with E-state index in [9.17, 15) is 0 Å². The molecule has 0 atom stereocenters. The van der Waals surface area contributed by atoms with Crippen LogP contribution in [0.3, 0.4) is 0 Å². The molecule has 0 radical (unpaired) electrons. The molecule has 0 aliphatic rings. The Labute approximate surface area is 98.5 Å². The van der Waals surface area contributed by atoms with Gasteiger partial charge in [0.15, 0.2) is 0 Å². The molecule has 0 amide bonds. The van der Waals surface area contributed by atoms with Crippen LogP contribution >= 0.6 is 55.1 Å². The monoisotopic (exact) mass is 330 g/mol. The van der Waals surface area contributed by atoms with Crippen LogP contribution in [0.1, 0.15) is 11.1 Å². The van der Waals surface area contributed by atoms with Crippen LogP contribution in [0.25, 0.3) is 0 Å². The summed E-state index contributed by atoms with van der Waals surface area (Å²) in [5, 5.41) is 2.97. The van der Waals surface area contributed by atoms with Crippen molar-refractivity contribution in [3.05, 3.63) is 33.3 Å². The molecule has 0 saturated heterocycles. The van der Waals surface area contributed by atoms with Gasteiger partial charge < -0.3 is 0 Å². The smallest absolute Gasteiger partial charge is 0.0450 e. The summed E-state index contributed by atoms with van der Waals surface area (Å²) in [5.74, 6) is 0. The van der Waals surface area contributed by atoms with E-state index >= 15 is 0 Å². The Kier molecular flexibility index (Phi) is 4.38. The van der Waals surface area contributed by atoms with E-state index in [-0.39, 0.29) is 0 Å². The lowest BCUT2D eigenvalue weighted by Crippen LogP contribution is -1.85. The van der Waals surface area contributed by atoms with Gasteiger partial charge in [0.1, 0.15) is 0 Å². The van der Waals surface area contributed by atoms with Crippen molar-refractivity contribution in [1.29, 1.82) is 0 Å². The molecular weight excluding hydrogens is 327 g/mol. The van der Waals surface area contributed by atoms with Crippen LogP contribution in [0, 0.1) is 0 Å². The number of alkyl halides is 2. The Morgan fingerprint density at radius 2 is 1.25 bits per heavy atom. The molecule has 0 aliphatic carbocycles. The first-order chi connectivity index (χ1) is 5.69. The van der Waals surface area contributed by atoms with Crippen molar-refractivity contribution in [2.75, 3.05) is 0 Å². The standard InChI is InChI=1S/C8H6Br2Cl2/c9-3-5-1-7(11)6(4-10)2-8(5)12/h1-2H,3-4H2. The third-order valence-corrected chi connectivity index (χ3v) is 3.42. The van der Waals surface area contributed by atoms with Gasteiger partial charge in [0.25, 0.3) is 0 Å². The lowest BCUT2D eigenvalue weighted by molar-refractivity contribution is 1.36. The van der Waals surface area contributed by atoms with Crippen LogP contribution in [-0.2, 0) is 10.7 Å². The molecule has 66 valence electrons. The molecule has 0 bridgehead atoms. The first-order valence-electron chi connectivity index (χ1n) is 3.27. The maximum atomic E-state index is 5.97. The highest BCUT2D eigenvalue weighted by Crippen LogP contribution is 2.28. The maximum Gasteiger partial charge on any atom is 0.0450 e. The van der Waals surface area contributed by atoms with Gasteiger partial charge in [-0.2, -0.15) is 0 Å². The second-order valence-corrected chi connectivity index (χ2v) is 4.24. The normalized spacial score (nSPS) is 10.3. The predicted molar refractivity (Wildman–Crippen MR) is 61.7 cm³/mol. The Hall–Kier alpha value is 0.760. The fraction of sp³-hybridized carbons (Fsp3) is 0.250. The van der Waals surface area contributed by atoms with Gasteiger partial charge in [-0.05, 0) is 23.3 Å². The largest absolute Gasteiger partial charge is 0.0876 e. The van der Waals surface area contributed by atoms with Crippen molar-refractivity contribution in [2.24, 2.45) is 0 Å². The first kappa shape index (κ1) is 10.8. The highest BCUT2D eigenvalue weighted by Gasteiger charge is 2.04. The number of hydrogen-bond donors (Lipinski definition) is 0. The number of benzene rings is 1. The van der Waals surface area contributed by atoms with Crippen LogP contribution in [0.4, 0.5) is 0 Å². The number of hydrogen-bond acceptors (Lipinski definition) is 0. The molecule has 12 heavy (non-hydrogen) atoms. The molecule has 0 nitrogen and oxygen atoms in total. The summed E-state index contributed by atoms with van der Waals surface area (Å²) < 4.78 is 0. The molecule has 0 saturated carbocycles. The van der Waals surface area contributed by atoms with Crippen LogP contribution in [0.15, 0.2) is 12.1 Å². The van der Waals surface area contributed by atoms with Gasteiger partial charge in [0.2, 0.25) is 0 Å². The Balaban J connectivity index is 3.16. The van der Waals surface area contributed by atoms with Gasteiger partial charge in [-0.25, -0.2) is 0 Å². The van der Waals surface area contributed by atoms with E-state index in [0.717, 1.165) is 31.8 Å². The minimum absolute atomic E-state index is 0.730. The quantitative estimate of drug-likeness (QED) is 0.683. The summed E-state index contributed by atoms with van der Waals surface area (Å²) in [6.07, 6.45) is 0. The Morgan fingerprint density at radius 1 is 0.917 bits per heavy atom. The maximum absolute atomic E-state index is 5.97. The summed E-state index contributed by atoms with van der Waals surface area (Å²) in [6.45, 7) is 0.